The van der Waals surface area contributed by atoms with Gasteiger partial charge >= 0.3 is 5.97 Å². The third kappa shape index (κ3) is 2.63. The van der Waals surface area contributed by atoms with Crippen molar-refractivity contribution in [1.29, 1.82) is 0 Å². The lowest BCUT2D eigenvalue weighted by molar-refractivity contribution is -0.175. The molecule has 0 fully saturated rings. The third-order valence-corrected chi connectivity index (χ3v) is 2.07. The van der Waals surface area contributed by atoms with Gasteiger partial charge in [0.1, 0.15) is 5.66 Å². The highest BCUT2D eigenvalue weighted by atomic mass is 16.4. The van der Waals surface area contributed by atoms with Gasteiger partial charge in [0.2, 0.25) is 5.91 Å². The first-order chi connectivity index (χ1) is 6.71. The summed E-state index contributed by atoms with van der Waals surface area (Å²) in [4.78, 5) is 21.7. The van der Waals surface area contributed by atoms with Gasteiger partial charge < -0.3 is 32.7 Å². The molecule has 0 radical (unpaired) electrons. The summed E-state index contributed by atoms with van der Waals surface area (Å²) in [5.41, 5.74) is 11.0. The quantitative estimate of drug-likeness (QED) is 0.266. The smallest absolute Gasteiger partial charge is 0.360 e. The molecule has 0 aromatic rings. The molecule has 1 unspecified atom stereocenters. The first-order valence-corrected chi connectivity index (χ1v) is 4.26. The van der Waals surface area contributed by atoms with Crippen LogP contribution in [0.2, 0.25) is 0 Å². The number of nitrogens with one attached hydrogen (secondary N) is 1. The molecule has 1 atom stereocenters. The maximum atomic E-state index is 10.9. The van der Waals surface area contributed by atoms with Crippen LogP contribution in [0.1, 0.15) is 13.3 Å². The molecule has 0 saturated heterocycles. The second-order valence-corrected chi connectivity index (χ2v) is 3.16. The van der Waals surface area contributed by atoms with Gasteiger partial charge in [-0.2, -0.15) is 0 Å². The fourth-order valence-electron chi connectivity index (χ4n) is 0.878. The van der Waals surface area contributed by atoms with E-state index in [0.29, 0.717) is 0 Å². The Morgan fingerprint density at radius 1 is 1.40 bits per heavy atom. The lowest BCUT2D eigenvalue weighted by Gasteiger charge is -2.37. The number of aliphatic carboxylic acids is 1. The van der Waals surface area contributed by atoms with Gasteiger partial charge in [-0.3, -0.25) is 4.79 Å². The number of carbonyl (C=O) groups excluding carboxylic acids is 1. The van der Waals surface area contributed by atoms with E-state index in [4.69, 9.17) is 22.3 Å². The lowest BCUT2D eigenvalue weighted by Crippen LogP contribution is -2.77. The Hall–Kier alpha value is -1.22. The van der Waals surface area contributed by atoms with Gasteiger partial charge in [-0.05, 0) is 6.42 Å². The highest BCUT2D eigenvalue weighted by Crippen LogP contribution is 2.15. The highest BCUT2D eigenvalue weighted by Gasteiger charge is 2.52. The topological polar surface area (TPSA) is 165 Å². The van der Waals surface area contributed by atoms with E-state index in [1.54, 1.807) is 5.32 Å². The van der Waals surface area contributed by atoms with Gasteiger partial charge in [-0.15, -0.1) is 0 Å². The van der Waals surface area contributed by atoms with E-state index in [1.807, 2.05) is 0 Å². The molecule has 1 amide bonds. The first-order valence-electron chi connectivity index (χ1n) is 4.26. The van der Waals surface area contributed by atoms with Crippen molar-refractivity contribution in [3.8, 4) is 0 Å². The average Bonchev–Trinajstić information content (AvgIpc) is 2.16. The van der Waals surface area contributed by atoms with Crippen molar-refractivity contribution in [3.05, 3.63) is 0 Å². The Labute approximate surface area is 86.4 Å². The van der Waals surface area contributed by atoms with Crippen LogP contribution in [0.4, 0.5) is 0 Å². The number of carbonyl (C=O) groups is 2. The molecule has 0 aliphatic rings. The van der Waals surface area contributed by atoms with Crippen molar-refractivity contribution in [2.45, 2.75) is 24.7 Å². The lowest BCUT2D eigenvalue weighted by atomic mass is 9.94. The number of rotatable bonds is 5. The zero-order chi connectivity index (χ0) is 12.3. The van der Waals surface area contributed by atoms with Crippen LogP contribution in [0, 0.1) is 0 Å². The van der Waals surface area contributed by atoms with Gasteiger partial charge in [-0.1, -0.05) is 6.92 Å². The van der Waals surface area contributed by atoms with Crippen molar-refractivity contribution in [2.75, 3.05) is 6.54 Å². The zero-order valence-corrected chi connectivity index (χ0v) is 8.36. The largest absolute Gasteiger partial charge is 0.478 e. The number of aliphatic hydroxyl groups is 1. The minimum absolute atomic E-state index is 0.0549. The Morgan fingerprint density at radius 3 is 2.13 bits per heavy atom. The zero-order valence-electron chi connectivity index (χ0n) is 8.36. The predicted molar refractivity (Wildman–Crippen MR) is 51.2 cm³/mol. The monoisotopic (exact) mass is 220 g/mol. The number of hydrogen-bond acceptors (Lipinski definition) is 6. The van der Waals surface area contributed by atoms with Gasteiger partial charge in [-0.25, -0.2) is 4.79 Å². The van der Waals surface area contributed by atoms with E-state index in [9.17, 15) is 14.7 Å². The fourth-order valence-corrected chi connectivity index (χ4v) is 0.878. The molecule has 0 aromatic carbocycles. The Bertz CT molecular complexity index is 268. The molecule has 0 spiro atoms. The molecular formula is C7H16N4O4. The molecule has 0 rings (SSSR count). The summed E-state index contributed by atoms with van der Waals surface area (Å²) in [5, 5.41) is 20.2. The third-order valence-electron chi connectivity index (χ3n) is 2.07. The average molecular weight is 220 g/mol. The minimum atomic E-state index is -2.74. The van der Waals surface area contributed by atoms with Crippen LogP contribution in [-0.2, 0) is 9.59 Å². The number of hydrogen-bond donors (Lipinski definition) is 6. The van der Waals surface area contributed by atoms with E-state index in [0.717, 1.165) is 0 Å². The van der Waals surface area contributed by atoms with Crippen LogP contribution < -0.4 is 22.5 Å². The second-order valence-electron chi connectivity index (χ2n) is 3.16. The van der Waals surface area contributed by atoms with Crippen molar-refractivity contribution in [2.24, 2.45) is 17.2 Å². The standard InChI is InChI=1S/C7H16N4O4/c1-2-6(9,10)7(15,5(13)14)11-4(12)3-8/h15H,2-3,8-10H2,1H3,(H,11,12)(H,13,14). The number of nitrogens with two attached hydrogens (primary N) is 3. The maximum absolute atomic E-state index is 10.9. The van der Waals surface area contributed by atoms with Crippen LogP contribution in [0.5, 0.6) is 0 Å². The molecule has 0 aliphatic heterocycles. The molecule has 15 heavy (non-hydrogen) atoms. The molecule has 9 N–H and O–H groups in total. The van der Waals surface area contributed by atoms with Crippen LogP contribution in [-0.4, -0.2) is 40.0 Å². The summed E-state index contributed by atoms with van der Waals surface area (Å²) < 4.78 is 0. The van der Waals surface area contributed by atoms with Crippen LogP contribution in [0.3, 0.4) is 0 Å². The van der Waals surface area contributed by atoms with E-state index < -0.39 is 29.8 Å². The molecular weight excluding hydrogens is 204 g/mol. The molecule has 8 nitrogen and oxygen atoms in total. The summed E-state index contributed by atoms with van der Waals surface area (Å²) in [6.07, 6.45) is -0.0549. The van der Waals surface area contributed by atoms with Crippen LogP contribution in [0.25, 0.3) is 0 Å². The fraction of sp³-hybridized carbons (Fsp3) is 0.714. The van der Waals surface area contributed by atoms with Crippen molar-refractivity contribution >= 4 is 11.9 Å². The van der Waals surface area contributed by atoms with E-state index >= 15 is 0 Å². The first kappa shape index (κ1) is 13.8. The Balaban J connectivity index is 5.07. The highest BCUT2D eigenvalue weighted by molar-refractivity contribution is 5.87. The number of carboxylic acid groups (broad SMARTS) is 1. The molecule has 0 bridgehead atoms. The Morgan fingerprint density at radius 2 is 1.87 bits per heavy atom. The number of amides is 1. The van der Waals surface area contributed by atoms with Crippen LogP contribution in [0.15, 0.2) is 0 Å². The summed E-state index contributed by atoms with van der Waals surface area (Å²) in [7, 11) is 0. The minimum Gasteiger partial charge on any atom is -0.478 e. The maximum Gasteiger partial charge on any atom is 0.360 e. The normalized spacial score (nSPS) is 15.5. The summed E-state index contributed by atoms with van der Waals surface area (Å²) >= 11 is 0. The van der Waals surface area contributed by atoms with Gasteiger partial charge in [0.05, 0.1) is 6.54 Å². The predicted octanol–water partition coefficient (Wildman–Crippen LogP) is -3.14. The summed E-state index contributed by atoms with van der Waals surface area (Å²) in [5.74, 6) is -2.61. The number of carboxylic acids is 1. The van der Waals surface area contributed by atoms with Crippen molar-refractivity contribution in [1.82, 2.24) is 5.32 Å². The molecule has 88 valence electrons. The molecule has 0 aliphatic carbocycles. The van der Waals surface area contributed by atoms with E-state index in [2.05, 4.69) is 0 Å². The Kier molecular flexibility index (Phi) is 4.16. The molecule has 0 aromatic heterocycles. The summed E-state index contributed by atoms with van der Waals surface area (Å²) in [6, 6.07) is 0. The van der Waals surface area contributed by atoms with E-state index in [1.165, 1.54) is 6.92 Å². The van der Waals surface area contributed by atoms with Crippen LogP contribution >= 0.6 is 0 Å². The van der Waals surface area contributed by atoms with Gasteiger partial charge in [0, 0.05) is 0 Å². The molecule has 0 saturated carbocycles. The summed E-state index contributed by atoms with van der Waals surface area (Å²) in [6.45, 7) is 0.998. The van der Waals surface area contributed by atoms with Crippen molar-refractivity contribution in [3.63, 3.8) is 0 Å². The molecule has 0 heterocycles. The van der Waals surface area contributed by atoms with Crippen molar-refractivity contribution < 1.29 is 19.8 Å². The second kappa shape index (κ2) is 4.53. The SMILES string of the molecule is CCC(N)(N)C(O)(NC(=O)CN)C(=O)O. The van der Waals surface area contributed by atoms with Gasteiger partial charge in [0.15, 0.2) is 0 Å². The molecule has 8 heteroatoms. The van der Waals surface area contributed by atoms with E-state index in [-0.39, 0.29) is 6.42 Å². The van der Waals surface area contributed by atoms with Gasteiger partial charge in [0.25, 0.3) is 5.72 Å².